The van der Waals surface area contributed by atoms with Gasteiger partial charge in [-0.3, -0.25) is 4.98 Å². The van der Waals surface area contributed by atoms with Crippen molar-refractivity contribution < 1.29 is 0 Å². The Labute approximate surface area is 102 Å². The van der Waals surface area contributed by atoms with Crippen LogP contribution in [0, 0.1) is 6.92 Å². The van der Waals surface area contributed by atoms with E-state index in [0.29, 0.717) is 0 Å². The molecule has 0 aliphatic heterocycles. The molecule has 2 heterocycles. The minimum absolute atomic E-state index is 0.0204. The van der Waals surface area contributed by atoms with Crippen LogP contribution in [0.5, 0.6) is 0 Å². The highest BCUT2D eigenvalue weighted by atomic mass is 14.9. The molecule has 0 radical (unpaired) electrons. The van der Waals surface area contributed by atoms with Crippen LogP contribution in [0.3, 0.4) is 0 Å². The number of hydrogen-bond donors (Lipinski definition) is 0. The quantitative estimate of drug-likeness (QED) is 0.751. The Hall–Kier alpha value is -1.77. The first-order valence-electron chi connectivity index (χ1n) is 5.74. The van der Waals surface area contributed by atoms with Gasteiger partial charge in [-0.1, -0.05) is 26.8 Å². The van der Waals surface area contributed by atoms with Crippen LogP contribution >= 0.6 is 0 Å². The number of rotatable bonds is 1. The predicted octanol–water partition coefficient (Wildman–Crippen LogP) is 3.14. The van der Waals surface area contributed by atoms with Crippen molar-refractivity contribution in [1.29, 1.82) is 0 Å². The molecule has 0 aromatic carbocycles. The Bertz CT molecular complexity index is 513. The Morgan fingerprint density at radius 3 is 2.35 bits per heavy atom. The standard InChI is InChI=1S/C14H17N3/c1-10-11(12-7-5-6-8-15-12)9-16-13(17-10)14(2,3)4/h5-9H,1-4H3. The highest BCUT2D eigenvalue weighted by molar-refractivity contribution is 5.60. The lowest BCUT2D eigenvalue weighted by atomic mass is 9.95. The van der Waals surface area contributed by atoms with Crippen LogP contribution in [0.15, 0.2) is 30.6 Å². The van der Waals surface area contributed by atoms with Crippen LogP contribution in [0.25, 0.3) is 11.3 Å². The number of aryl methyl sites for hydroxylation is 1. The van der Waals surface area contributed by atoms with Crippen molar-refractivity contribution in [2.75, 3.05) is 0 Å². The smallest absolute Gasteiger partial charge is 0.133 e. The van der Waals surface area contributed by atoms with Crippen molar-refractivity contribution >= 4 is 0 Å². The fourth-order valence-electron chi connectivity index (χ4n) is 1.60. The van der Waals surface area contributed by atoms with E-state index in [0.717, 1.165) is 22.8 Å². The summed E-state index contributed by atoms with van der Waals surface area (Å²) in [6.07, 6.45) is 3.65. The van der Waals surface area contributed by atoms with Gasteiger partial charge in [-0.15, -0.1) is 0 Å². The van der Waals surface area contributed by atoms with E-state index in [1.807, 2.05) is 31.3 Å². The van der Waals surface area contributed by atoms with E-state index >= 15 is 0 Å². The van der Waals surface area contributed by atoms with Crippen LogP contribution in [0.2, 0.25) is 0 Å². The summed E-state index contributed by atoms with van der Waals surface area (Å²) in [6.45, 7) is 8.34. The topological polar surface area (TPSA) is 38.7 Å². The Kier molecular flexibility index (Phi) is 2.92. The summed E-state index contributed by atoms with van der Waals surface area (Å²) in [4.78, 5) is 13.3. The average Bonchev–Trinajstić information content (AvgIpc) is 2.29. The third kappa shape index (κ3) is 2.49. The predicted molar refractivity (Wildman–Crippen MR) is 68.7 cm³/mol. The highest BCUT2D eigenvalue weighted by Gasteiger charge is 2.18. The Morgan fingerprint density at radius 1 is 1.06 bits per heavy atom. The van der Waals surface area contributed by atoms with Crippen molar-refractivity contribution in [3.63, 3.8) is 0 Å². The second-order valence-corrected chi connectivity index (χ2v) is 5.16. The number of pyridine rings is 1. The van der Waals surface area contributed by atoms with Crippen LogP contribution in [0.4, 0.5) is 0 Å². The summed E-state index contributed by atoms with van der Waals surface area (Å²) in [6, 6.07) is 5.85. The molecular weight excluding hydrogens is 210 g/mol. The van der Waals surface area contributed by atoms with E-state index in [2.05, 4.69) is 35.7 Å². The van der Waals surface area contributed by atoms with Gasteiger partial charge in [0.1, 0.15) is 5.82 Å². The molecule has 0 bridgehead atoms. The van der Waals surface area contributed by atoms with E-state index < -0.39 is 0 Å². The van der Waals surface area contributed by atoms with E-state index in [1.54, 1.807) is 6.20 Å². The summed E-state index contributed by atoms with van der Waals surface area (Å²) in [7, 11) is 0. The molecular formula is C14H17N3. The molecule has 0 saturated carbocycles. The van der Waals surface area contributed by atoms with Gasteiger partial charge in [0.05, 0.1) is 11.4 Å². The molecule has 0 saturated heterocycles. The van der Waals surface area contributed by atoms with Crippen molar-refractivity contribution in [2.24, 2.45) is 0 Å². The minimum atomic E-state index is -0.0204. The molecule has 0 fully saturated rings. The molecule has 3 heteroatoms. The van der Waals surface area contributed by atoms with E-state index in [1.165, 1.54) is 0 Å². The number of hydrogen-bond acceptors (Lipinski definition) is 3. The molecule has 0 N–H and O–H groups in total. The van der Waals surface area contributed by atoms with Gasteiger partial charge in [-0.05, 0) is 19.1 Å². The fourth-order valence-corrected chi connectivity index (χ4v) is 1.60. The molecule has 0 aliphatic rings. The molecule has 88 valence electrons. The highest BCUT2D eigenvalue weighted by Crippen LogP contribution is 2.23. The first-order chi connectivity index (χ1) is 7.98. The van der Waals surface area contributed by atoms with Crippen LogP contribution in [-0.4, -0.2) is 15.0 Å². The van der Waals surface area contributed by atoms with Crippen molar-refractivity contribution in [1.82, 2.24) is 15.0 Å². The Balaban J connectivity index is 2.46. The summed E-state index contributed by atoms with van der Waals surface area (Å²) < 4.78 is 0. The molecule has 17 heavy (non-hydrogen) atoms. The maximum atomic E-state index is 4.57. The maximum absolute atomic E-state index is 4.57. The lowest BCUT2D eigenvalue weighted by Gasteiger charge is -2.17. The minimum Gasteiger partial charge on any atom is -0.256 e. The summed E-state index contributed by atoms with van der Waals surface area (Å²) in [5.41, 5.74) is 2.88. The second-order valence-electron chi connectivity index (χ2n) is 5.16. The SMILES string of the molecule is Cc1nc(C(C)(C)C)ncc1-c1ccccn1. The molecule has 3 nitrogen and oxygen atoms in total. The lowest BCUT2D eigenvalue weighted by Crippen LogP contribution is -2.16. The molecule has 0 aliphatic carbocycles. The number of aromatic nitrogens is 3. The third-order valence-electron chi connectivity index (χ3n) is 2.59. The lowest BCUT2D eigenvalue weighted by molar-refractivity contribution is 0.543. The zero-order valence-corrected chi connectivity index (χ0v) is 10.7. The van der Waals surface area contributed by atoms with Crippen molar-refractivity contribution in [3.05, 3.63) is 42.1 Å². The first-order valence-corrected chi connectivity index (χ1v) is 5.74. The molecule has 2 aromatic rings. The van der Waals surface area contributed by atoms with Crippen molar-refractivity contribution in [3.8, 4) is 11.3 Å². The molecule has 0 atom stereocenters. The second kappa shape index (κ2) is 4.24. The molecule has 2 rings (SSSR count). The molecule has 0 amide bonds. The van der Waals surface area contributed by atoms with Gasteiger partial charge in [0, 0.05) is 23.4 Å². The summed E-state index contributed by atoms with van der Waals surface area (Å²) in [5, 5.41) is 0. The monoisotopic (exact) mass is 227 g/mol. The van der Waals surface area contributed by atoms with E-state index in [-0.39, 0.29) is 5.41 Å². The van der Waals surface area contributed by atoms with Gasteiger partial charge in [-0.25, -0.2) is 9.97 Å². The number of nitrogens with zero attached hydrogens (tertiary/aromatic N) is 3. The summed E-state index contributed by atoms with van der Waals surface area (Å²) in [5.74, 6) is 0.870. The van der Waals surface area contributed by atoms with E-state index in [9.17, 15) is 0 Å². The third-order valence-corrected chi connectivity index (χ3v) is 2.59. The fraction of sp³-hybridized carbons (Fsp3) is 0.357. The Morgan fingerprint density at radius 2 is 1.82 bits per heavy atom. The molecule has 0 spiro atoms. The largest absolute Gasteiger partial charge is 0.256 e. The molecule has 2 aromatic heterocycles. The average molecular weight is 227 g/mol. The zero-order chi connectivity index (χ0) is 12.5. The van der Waals surface area contributed by atoms with Gasteiger partial charge in [-0.2, -0.15) is 0 Å². The maximum Gasteiger partial charge on any atom is 0.133 e. The van der Waals surface area contributed by atoms with Crippen molar-refractivity contribution in [2.45, 2.75) is 33.1 Å². The zero-order valence-electron chi connectivity index (χ0n) is 10.7. The van der Waals surface area contributed by atoms with Crippen LogP contribution in [0.1, 0.15) is 32.3 Å². The van der Waals surface area contributed by atoms with Crippen LogP contribution in [-0.2, 0) is 5.41 Å². The summed E-state index contributed by atoms with van der Waals surface area (Å²) >= 11 is 0. The first kappa shape index (κ1) is 11.7. The van der Waals surface area contributed by atoms with Gasteiger partial charge >= 0.3 is 0 Å². The van der Waals surface area contributed by atoms with Gasteiger partial charge in [0.2, 0.25) is 0 Å². The molecule has 0 unspecified atom stereocenters. The van der Waals surface area contributed by atoms with Gasteiger partial charge in [0.15, 0.2) is 0 Å². The van der Waals surface area contributed by atoms with E-state index in [4.69, 9.17) is 0 Å². The normalized spacial score (nSPS) is 11.5. The van der Waals surface area contributed by atoms with Gasteiger partial charge < -0.3 is 0 Å². The van der Waals surface area contributed by atoms with Crippen LogP contribution < -0.4 is 0 Å². The van der Waals surface area contributed by atoms with Gasteiger partial charge in [0.25, 0.3) is 0 Å².